The minimum Gasteiger partial charge on any atom is -0.308 e. The van der Waals surface area contributed by atoms with Crippen LogP contribution in [-0.4, -0.2) is 27.0 Å². The maximum Gasteiger partial charge on any atom is 0.261 e. The first-order valence-corrected chi connectivity index (χ1v) is 9.25. The second-order valence-electron chi connectivity index (χ2n) is 6.48. The van der Waals surface area contributed by atoms with Crippen LogP contribution in [0.1, 0.15) is 16.1 Å². The quantitative estimate of drug-likeness (QED) is 0.473. The summed E-state index contributed by atoms with van der Waals surface area (Å²) >= 11 is 3.48. The summed E-state index contributed by atoms with van der Waals surface area (Å²) in [6, 6.07) is 15.7. The lowest BCUT2D eigenvalue weighted by Crippen LogP contribution is -2.29. The van der Waals surface area contributed by atoms with Crippen LogP contribution in [0, 0.1) is 6.92 Å². The van der Waals surface area contributed by atoms with Crippen LogP contribution < -0.4 is 4.90 Å². The fourth-order valence-electron chi connectivity index (χ4n) is 3.64. The summed E-state index contributed by atoms with van der Waals surface area (Å²) in [7, 11) is 0. The van der Waals surface area contributed by atoms with Gasteiger partial charge in [-0.1, -0.05) is 34.1 Å². The van der Waals surface area contributed by atoms with Gasteiger partial charge < -0.3 is 4.57 Å². The predicted molar refractivity (Wildman–Crippen MR) is 106 cm³/mol. The molecule has 2 aromatic carbocycles. The van der Waals surface area contributed by atoms with Gasteiger partial charge >= 0.3 is 0 Å². The predicted octanol–water partition coefficient (Wildman–Crippen LogP) is 4.32. The number of halogens is 1. The number of pyridine rings is 1. The van der Waals surface area contributed by atoms with Gasteiger partial charge in [0.2, 0.25) is 5.95 Å². The second-order valence-corrected chi connectivity index (χ2v) is 7.40. The number of carbonyl (C=O) groups is 1. The van der Waals surface area contributed by atoms with Crippen LogP contribution in [-0.2, 0) is 6.54 Å². The summed E-state index contributed by atoms with van der Waals surface area (Å²) in [5, 5.41) is 0.860. The molecule has 6 heteroatoms. The van der Waals surface area contributed by atoms with Gasteiger partial charge in [-0.05, 0) is 37.3 Å². The smallest absolute Gasteiger partial charge is 0.261 e. The minimum atomic E-state index is -0.0307. The van der Waals surface area contributed by atoms with Crippen molar-refractivity contribution in [3.63, 3.8) is 0 Å². The van der Waals surface area contributed by atoms with E-state index in [0.717, 1.165) is 44.6 Å². The third kappa shape index (κ3) is 2.25. The summed E-state index contributed by atoms with van der Waals surface area (Å²) < 4.78 is 3.06. The molecule has 0 unspecified atom stereocenters. The van der Waals surface area contributed by atoms with E-state index in [4.69, 9.17) is 0 Å². The third-order valence-electron chi connectivity index (χ3n) is 4.80. The van der Waals surface area contributed by atoms with Crippen molar-refractivity contribution in [3.8, 4) is 0 Å². The zero-order chi connectivity index (χ0) is 17.8. The van der Waals surface area contributed by atoms with E-state index in [0.29, 0.717) is 12.1 Å². The van der Waals surface area contributed by atoms with Crippen LogP contribution in [0.25, 0.3) is 21.9 Å². The lowest BCUT2D eigenvalue weighted by Gasteiger charge is -2.16. The monoisotopic (exact) mass is 406 g/mol. The van der Waals surface area contributed by atoms with Crippen LogP contribution in [0.15, 0.2) is 53.0 Å². The summed E-state index contributed by atoms with van der Waals surface area (Å²) in [6.07, 6.45) is 0. The average Bonchev–Trinajstić information content (AvgIpc) is 3.19. The van der Waals surface area contributed by atoms with Crippen LogP contribution in [0.2, 0.25) is 0 Å². The standard InChI is InChI=1S/C20H15BrN4O/c1-12-10-15(14-7-6-13(21)11-17(14)22-12)19(26)25-9-8-24-18-5-3-2-4-16(18)23-20(24)25/h2-7,10-11H,8-9H2,1H3. The molecular formula is C20H15BrN4O. The molecule has 0 aliphatic carbocycles. The fourth-order valence-corrected chi connectivity index (χ4v) is 3.99. The van der Waals surface area contributed by atoms with Crippen molar-refractivity contribution in [2.75, 3.05) is 11.4 Å². The Kier molecular flexibility index (Phi) is 3.37. The largest absolute Gasteiger partial charge is 0.308 e. The number of nitrogens with zero attached hydrogens (tertiary/aromatic N) is 4. The molecule has 128 valence electrons. The Morgan fingerprint density at radius 3 is 2.77 bits per heavy atom. The molecule has 0 N–H and O–H groups in total. The van der Waals surface area contributed by atoms with E-state index >= 15 is 0 Å². The average molecular weight is 407 g/mol. The summed E-state index contributed by atoms with van der Waals surface area (Å²) in [5.41, 5.74) is 4.29. The number of carbonyl (C=O) groups excluding carboxylic acids is 1. The number of aromatic nitrogens is 3. The van der Waals surface area contributed by atoms with E-state index in [-0.39, 0.29) is 5.91 Å². The van der Waals surface area contributed by atoms with E-state index in [1.807, 2.05) is 55.5 Å². The Balaban J connectivity index is 1.65. The van der Waals surface area contributed by atoms with Crippen LogP contribution in [0.5, 0.6) is 0 Å². The van der Waals surface area contributed by atoms with E-state index in [1.54, 1.807) is 4.90 Å². The van der Waals surface area contributed by atoms with Gasteiger partial charge in [-0.2, -0.15) is 0 Å². The highest BCUT2D eigenvalue weighted by molar-refractivity contribution is 9.10. The number of para-hydroxylation sites is 2. The maximum atomic E-state index is 13.4. The summed E-state index contributed by atoms with van der Waals surface area (Å²) in [6.45, 7) is 3.30. The third-order valence-corrected chi connectivity index (χ3v) is 5.29. The molecule has 3 heterocycles. The van der Waals surface area contributed by atoms with Gasteiger partial charge in [-0.25, -0.2) is 4.98 Å². The number of anilines is 1. The Hall–Kier alpha value is -2.73. The molecule has 0 spiro atoms. The van der Waals surface area contributed by atoms with Crippen LogP contribution >= 0.6 is 15.9 Å². The Labute approximate surface area is 158 Å². The number of amides is 1. The minimum absolute atomic E-state index is 0.0307. The van der Waals surface area contributed by atoms with Crippen LogP contribution in [0.4, 0.5) is 5.95 Å². The van der Waals surface area contributed by atoms with Crippen molar-refractivity contribution in [2.45, 2.75) is 13.5 Å². The highest BCUT2D eigenvalue weighted by atomic mass is 79.9. The Morgan fingerprint density at radius 1 is 1.04 bits per heavy atom. The SMILES string of the molecule is Cc1cc(C(=O)N2CCn3c2nc2ccccc23)c2ccc(Br)cc2n1. The fraction of sp³-hybridized carbons (Fsp3) is 0.150. The van der Waals surface area contributed by atoms with Crippen molar-refractivity contribution < 1.29 is 4.79 Å². The topological polar surface area (TPSA) is 51.0 Å². The molecule has 0 atom stereocenters. The van der Waals surface area contributed by atoms with Gasteiger partial charge in [0.1, 0.15) is 0 Å². The molecule has 0 saturated carbocycles. The Morgan fingerprint density at radius 2 is 1.88 bits per heavy atom. The van der Waals surface area contributed by atoms with E-state index < -0.39 is 0 Å². The van der Waals surface area contributed by atoms with E-state index in [1.165, 1.54) is 0 Å². The molecule has 0 saturated heterocycles. The van der Waals surface area contributed by atoms with Gasteiger partial charge in [-0.15, -0.1) is 0 Å². The molecule has 1 aliphatic rings. The molecule has 1 aliphatic heterocycles. The van der Waals surface area contributed by atoms with Crippen molar-refractivity contribution >= 4 is 49.7 Å². The number of imidazole rings is 1. The molecular weight excluding hydrogens is 392 g/mol. The number of hydrogen-bond acceptors (Lipinski definition) is 3. The van der Waals surface area contributed by atoms with Crippen molar-refractivity contribution in [3.05, 3.63) is 64.3 Å². The normalized spacial score (nSPS) is 13.5. The Bertz CT molecular complexity index is 1190. The van der Waals surface area contributed by atoms with Gasteiger partial charge in [0.25, 0.3) is 5.91 Å². The van der Waals surface area contributed by atoms with Crippen molar-refractivity contribution in [1.82, 2.24) is 14.5 Å². The molecule has 1 amide bonds. The zero-order valence-electron chi connectivity index (χ0n) is 14.1. The number of hydrogen-bond donors (Lipinski definition) is 0. The van der Waals surface area contributed by atoms with Gasteiger partial charge in [-0.3, -0.25) is 14.7 Å². The van der Waals surface area contributed by atoms with Gasteiger partial charge in [0.05, 0.1) is 22.1 Å². The lowest BCUT2D eigenvalue weighted by atomic mass is 10.1. The highest BCUT2D eigenvalue weighted by Gasteiger charge is 2.30. The van der Waals surface area contributed by atoms with Gasteiger partial charge in [0, 0.05) is 28.6 Å². The molecule has 0 bridgehead atoms. The lowest BCUT2D eigenvalue weighted by molar-refractivity contribution is 0.0990. The van der Waals surface area contributed by atoms with Gasteiger partial charge in [0.15, 0.2) is 0 Å². The molecule has 4 aromatic rings. The molecule has 0 fully saturated rings. The molecule has 26 heavy (non-hydrogen) atoms. The molecule has 5 nitrogen and oxygen atoms in total. The van der Waals surface area contributed by atoms with Crippen molar-refractivity contribution in [2.24, 2.45) is 0 Å². The molecule has 2 aromatic heterocycles. The first-order valence-electron chi connectivity index (χ1n) is 8.46. The molecule has 0 radical (unpaired) electrons. The number of aryl methyl sites for hydroxylation is 1. The maximum absolute atomic E-state index is 13.4. The number of fused-ring (bicyclic) bond motifs is 4. The second kappa shape index (κ2) is 5.64. The van der Waals surface area contributed by atoms with Crippen LogP contribution in [0.3, 0.4) is 0 Å². The van der Waals surface area contributed by atoms with Crippen molar-refractivity contribution in [1.29, 1.82) is 0 Å². The number of benzene rings is 2. The highest BCUT2D eigenvalue weighted by Crippen LogP contribution is 2.30. The van der Waals surface area contributed by atoms with E-state index in [9.17, 15) is 4.79 Å². The molecule has 5 rings (SSSR count). The summed E-state index contributed by atoms with van der Waals surface area (Å²) in [4.78, 5) is 24.4. The van der Waals surface area contributed by atoms with E-state index in [2.05, 4.69) is 30.5 Å². The first kappa shape index (κ1) is 15.5. The summed E-state index contributed by atoms with van der Waals surface area (Å²) in [5.74, 6) is 0.688. The number of rotatable bonds is 1. The zero-order valence-corrected chi connectivity index (χ0v) is 15.7. The first-order chi connectivity index (χ1) is 12.6.